The first-order valence-corrected chi connectivity index (χ1v) is 9.23. The summed E-state index contributed by atoms with van der Waals surface area (Å²) in [5.74, 6) is 0. The Morgan fingerprint density at radius 2 is 1.40 bits per heavy atom. The van der Waals surface area contributed by atoms with Gasteiger partial charge < -0.3 is 17.3 Å². The van der Waals surface area contributed by atoms with Crippen LogP contribution in [0.15, 0.2) is 0 Å². The van der Waals surface area contributed by atoms with Gasteiger partial charge in [-0.2, -0.15) is 0 Å². The number of halogens is 1. The monoisotopic (exact) mass is 303 g/mol. The molecule has 0 spiro atoms. The molecule has 0 aromatic carbocycles. The van der Waals surface area contributed by atoms with Gasteiger partial charge >= 0.3 is 0 Å². The first kappa shape index (κ1) is 20.2. The first-order chi connectivity index (χ1) is 9.38. The Morgan fingerprint density at radius 1 is 0.800 bits per heavy atom. The molecule has 2 unspecified atom stereocenters. The maximum Gasteiger partial charge on any atom is 0.0876 e. The summed E-state index contributed by atoms with van der Waals surface area (Å²) >= 11 is 0. The molecule has 1 aliphatic rings. The van der Waals surface area contributed by atoms with Gasteiger partial charge in [-0.25, -0.2) is 0 Å². The SMILES string of the molecule is CCCCCCCCCC[NH+]1CCCC1CCCC.[Cl-]. The van der Waals surface area contributed by atoms with E-state index in [0.717, 1.165) is 6.04 Å². The average Bonchev–Trinajstić information content (AvgIpc) is 2.87. The number of nitrogens with one attached hydrogen (secondary N) is 1. The Bertz CT molecular complexity index is 196. The largest absolute Gasteiger partial charge is 1.00 e. The zero-order valence-electron chi connectivity index (χ0n) is 14.1. The number of unbranched alkanes of at least 4 members (excludes halogenated alkanes) is 8. The molecule has 0 bridgehead atoms. The van der Waals surface area contributed by atoms with Crippen LogP contribution in [-0.4, -0.2) is 19.1 Å². The van der Waals surface area contributed by atoms with Gasteiger partial charge in [-0.3, -0.25) is 0 Å². The minimum atomic E-state index is 0. The molecular formula is C18H38ClN. The molecule has 1 saturated heterocycles. The molecule has 2 atom stereocenters. The molecule has 1 rings (SSSR count). The molecule has 0 aromatic heterocycles. The normalized spacial score (nSPS) is 21.9. The lowest BCUT2D eigenvalue weighted by Gasteiger charge is -2.21. The van der Waals surface area contributed by atoms with Crippen LogP contribution in [0.3, 0.4) is 0 Å². The second kappa shape index (κ2) is 14.2. The maximum absolute atomic E-state index is 2.33. The van der Waals surface area contributed by atoms with E-state index in [1.54, 1.807) is 0 Å². The van der Waals surface area contributed by atoms with Crippen molar-refractivity contribution in [2.75, 3.05) is 13.1 Å². The first-order valence-electron chi connectivity index (χ1n) is 9.23. The second-order valence-electron chi connectivity index (χ2n) is 6.61. The molecule has 2 heteroatoms. The third kappa shape index (κ3) is 9.23. The molecule has 1 fully saturated rings. The number of hydrogen-bond acceptors (Lipinski definition) is 0. The lowest BCUT2D eigenvalue weighted by molar-refractivity contribution is -0.912. The van der Waals surface area contributed by atoms with E-state index >= 15 is 0 Å². The fourth-order valence-electron chi connectivity index (χ4n) is 3.60. The van der Waals surface area contributed by atoms with Crippen LogP contribution in [0.2, 0.25) is 0 Å². The van der Waals surface area contributed by atoms with Gasteiger partial charge in [-0.15, -0.1) is 0 Å². The second-order valence-corrected chi connectivity index (χ2v) is 6.61. The molecule has 1 nitrogen and oxygen atoms in total. The molecule has 0 aromatic rings. The molecule has 0 saturated carbocycles. The van der Waals surface area contributed by atoms with Crippen LogP contribution in [0, 0.1) is 0 Å². The summed E-state index contributed by atoms with van der Waals surface area (Å²) in [6, 6.07) is 1.02. The predicted octanol–water partition coefficient (Wildman–Crippen LogP) is 1.37. The van der Waals surface area contributed by atoms with Crippen molar-refractivity contribution in [2.45, 2.75) is 103 Å². The van der Waals surface area contributed by atoms with E-state index in [1.807, 2.05) is 4.90 Å². The van der Waals surface area contributed by atoms with E-state index in [9.17, 15) is 0 Å². The number of rotatable bonds is 12. The Labute approximate surface area is 134 Å². The van der Waals surface area contributed by atoms with Crippen molar-refractivity contribution in [2.24, 2.45) is 0 Å². The Kier molecular flexibility index (Phi) is 14.4. The molecule has 1 aliphatic heterocycles. The highest BCUT2D eigenvalue weighted by Gasteiger charge is 2.26. The smallest absolute Gasteiger partial charge is 0.0876 e. The van der Waals surface area contributed by atoms with Crippen molar-refractivity contribution in [3.8, 4) is 0 Å². The van der Waals surface area contributed by atoms with E-state index < -0.39 is 0 Å². The van der Waals surface area contributed by atoms with E-state index in [2.05, 4.69) is 13.8 Å². The summed E-state index contributed by atoms with van der Waals surface area (Å²) in [6.07, 6.45) is 19.0. The van der Waals surface area contributed by atoms with Crippen molar-refractivity contribution >= 4 is 0 Å². The Balaban J connectivity index is 0.00000361. The summed E-state index contributed by atoms with van der Waals surface area (Å²) in [5.41, 5.74) is 0. The summed E-state index contributed by atoms with van der Waals surface area (Å²) < 4.78 is 0. The summed E-state index contributed by atoms with van der Waals surface area (Å²) in [6.45, 7) is 7.55. The van der Waals surface area contributed by atoms with Gasteiger partial charge in [0.05, 0.1) is 19.1 Å². The Morgan fingerprint density at radius 3 is 2.05 bits per heavy atom. The van der Waals surface area contributed by atoms with Gasteiger partial charge in [0.15, 0.2) is 0 Å². The lowest BCUT2D eigenvalue weighted by Crippen LogP contribution is -3.13. The molecule has 0 radical (unpaired) electrons. The topological polar surface area (TPSA) is 4.44 Å². The average molecular weight is 304 g/mol. The standard InChI is InChI=1S/C18H37N.ClH/c1-3-5-7-8-9-10-11-12-16-19-17-13-15-18(19)14-6-4-2;/h18H,3-17H2,1-2H3;1H. The summed E-state index contributed by atoms with van der Waals surface area (Å²) in [7, 11) is 0. The third-order valence-electron chi connectivity index (χ3n) is 4.89. The highest BCUT2D eigenvalue weighted by atomic mass is 35.5. The van der Waals surface area contributed by atoms with Crippen LogP contribution in [0.4, 0.5) is 0 Å². The van der Waals surface area contributed by atoms with Gasteiger partial charge in [0.2, 0.25) is 0 Å². The van der Waals surface area contributed by atoms with Crippen LogP contribution < -0.4 is 17.3 Å². The fraction of sp³-hybridized carbons (Fsp3) is 1.00. The van der Waals surface area contributed by atoms with Gasteiger partial charge in [-0.1, -0.05) is 58.8 Å². The Hall–Kier alpha value is 0.250. The highest BCUT2D eigenvalue weighted by molar-refractivity contribution is 4.62. The maximum atomic E-state index is 2.33. The van der Waals surface area contributed by atoms with Crippen molar-refractivity contribution in [3.63, 3.8) is 0 Å². The zero-order chi connectivity index (χ0) is 13.8. The predicted molar refractivity (Wildman–Crippen MR) is 85.9 cm³/mol. The van der Waals surface area contributed by atoms with Crippen molar-refractivity contribution < 1.29 is 17.3 Å². The zero-order valence-corrected chi connectivity index (χ0v) is 14.8. The molecule has 0 aliphatic carbocycles. The van der Waals surface area contributed by atoms with Crippen LogP contribution >= 0.6 is 0 Å². The van der Waals surface area contributed by atoms with Crippen LogP contribution in [-0.2, 0) is 0 Å². The van der Waals surface area contributed by atoms with Gasteiger partial charge in [0.25, 0.3) is 0 Å². The van der Waals surface area contributed by atoms with Crippen molar-refractivity contribution in [1.29, 1.82) is 0 Å². The van der Waals surface area contributed by atoms with E-state index in [4.69, 9.17) is 0 Å². The number of quaternary nitrogens is 1. The van der Waals surface area contributed by atoms with Crippen LogP contribution in [0.25, 0.3) is 0 Å². The minimum absolute atomic E-state index is 0. The quantitative estimate of drug-likeness (QED) is 0.520. The van der Waals surface area contributed by atoms with Gasteiger partial charge in [-0.05, 0) is 25.7 Å². The summed E-state index contributed by atoms with van der Waals surface area (Å²) in [5, 5.41) is 0. The minimum Gasteiger partial charge on any atom is -1.00 e. The van der Waals surface area contributed by atoms with E-state index in [1.165, 1.54) is 96.6 Å². The molecule has 1 heterocycles. The van der Waals surface area contributed by atoms with Crippen molar-refractivity contribution in [3.05, 3.63) is 0 Å². The lowest BCUT2D eigenvalue weighted by atomic mass is 10.1. The summed E-state index contributed by atoms with van der Waals surface area (Å²) in [4.78, 5) is 1.94. The molecule has 122 valence electrons. The van der Waals surface area contributed by atoms with Gasteiger partial charge in [0.1, 0.15) is 0 Å². The number of likely N-dealkylation sites (tertiary alicyclic amines) is 1. The third-order valence-corrected chi connectivity index (χ3v) is 4.89. The van der Waals surface area contributed by atoms with Gasteiger partial charge in [0, 0.05) is 12.8 Å². The van der Waals surface area contributed by atoms with E-state index in [-0.39, 0.29) is 12.4 Å². The van der Waals surface area contributed by atoms with E-state index in [0.29, 0.717) is 0 Å². The fourth-order valence-corrected chi connectivity index (χ4v) is 3.60. The molecule has 1 N–H and O–H groups in total. The molecule has 20 heavy (non-hydrogen) atoms. The number of hydrogen-bond donors (Lipinski definition) is 1. The van der Waals surface area contributed by atoms with Crippen molar-refractivity contribution in [1.82, 2.24) is 0 Å². The molecular weight excluding hydrogens is 266 g/mol. The van der Waals surface area contributed by atoms with Crippen LogP contribution in [0.1, 0.15) is 97.3 Å². The highest BCUT2D eigenvalue weighted by Crippen LogP contribution is 2.10. The molecule has 0 amide bonds. The van der Waals surface area contributed by atoms with Crippen LogP contribution in [0.5, 0.6) is 0 Å².